The molecule has 9 heteroatoms. The van der Waals surface area contributed by atoms with Gasteiger partial charge in [-0.05, 0) is 81.0 Å². The van der Waals surface area contributed by atoms with E-state index in [1.165, 1.54) is 11.1 Å². The monoisotopic (exact) mass is 514 g/mol. The van der Waals surface area contributed by atoms with E-state index in [1.807, 2.05) is 11.1 Å². The van der Waals surface area contributed by atoms with Crippen LogP contribution in [0.15, 0.2) is 47.7 Å². The lowest BCUT2D eigenvalue weighted by atomic mass is 9.97. The van der Waals surface area contributed by atoms with E-state index in [4.69, 9.17) is 10.7 Å². The fourth-order valence-corrected chi connectivity index (χ4v) is 5.01. The molecule has 3 heterocycles. The predicted octanol–water partition coefficient (Wildman–Crippen LogP) is 3.91. The van der Waals surface area contributed by atoms with Crippen LogP contribution in [0.2, 0.25) is 0 Å². The van der Waals surface area contributed by atoms with Crippen LogP contribution in [-0.2, 0) is 13.0 Å². The first-order chi connectivity index (χ1) is 18.3. The Morgan fingerprint density at radius 1 is 1.18 bits per heavy atom. The first-order valence-corrected chi connectivity index (χ1v) is 13.2. The number of carbonyl (C=O) groups is 1. The maximum absolute atomic E-state index is 13.2. The lowest BCUT2D eigenvalue weighted by Gasteiger charge is -2.38. The molecule has 0 unspecified atom stereocenters. The summed E-state index contributed by atoms with van der Waals surface area (Å²) in [4.78, 5) is 32.8. The molecule has 1 saturated heterocycles. The van der Waals surface area contributed by atoms with Gasteiger partial charge in [0.25, 0.3) is 5.91 Å². The summed E-state index contributed by atoms with van der Waals surface area (Å²) < 4.78 is 0. The highest BCUT2D eigenvalue weighted by Gasteiger charge is 2.29. The normalized spacial score (nSPS) is 17.9. The molecule has 1 fully saturated rings. The van der Waals surface area contributed by atoms with Gasteiger partial charge in [-0.1, -0.05) is 13.0 Å². The van der Waals surface area contributed by atoms with Crippen LogP contribution in [0.5, 0.6) is 0 Å². The summed E-state index contributed by atoms with van der Waals surface area (Å²) in [5.41, 5.74) is 12.5. The number of nitrogens with one attached hydrogen (secondary N) is 2. The van der Waals surface area contributed by atoms with Gasteiger partial charge in [-0.15, -0.1) is 0 Å². The Balaban J connectivity index is 1.38. The van der Waals surface area contributed by atoms with Crippen molar-refractivity contribution in [1.82, 2.24) is 25.2 Å². The van der Waals surface area contributed by atoms with Gasteiger partial charge < -0.3 is 21.3 Å². The number of aryl methyl sites for hydroxylation is 3. The Labute approximate surface area is 225 Å². The average molecular weight is 515 g/mol. The van der Waals surface area contributed by atoms with Gasteiger partial charge >= 0.3 is 0 Å². The molecule has 9 nitrogen and oxygen atoms in total. The highest BCUT2D eigenvalue weighted by molar-refractivity contribution is 6.00. The SMILES string of the molecule is CCc1cnc(Nc2cc(C)cc(C)c2)nc1CN[C@@H]1CCN(C(=O)c2ccnc(C(N)=NC)c2)[C@H](C)C1. The van der Waals surface area contributed by atoms with Crippen molar-refractivity contribution >= 4 is 23.4 Å². The minimum absolute atomic E-state index is 0.00493. The van der Waals surface area contributed by atoms with Crippen LogP contribution >= 0.6 is 0 Å². The van der Waals surface area contributed by atoms with Gasteiger partial charge in [0.1, 0.15) is 11.5 Å². The number of anilines is 2. The smallest absolute Gasteiger partial charge is 0.254 e. The van der Waals surface area contributed by atoms with E-state index in [9.17, 15) is 4.79 Å². The molecule has 0 bridgehead atoms. The number of likely N-dealkylation sites (tertiary alicyclic amines) is 1. The number of carbonyl (C=O) groups excluding carboxylic acids is 1. The first-order valence-electron chi connectivity index (χ1n) is 13.2. The average Bonchev–Trinajstić information content (AvgIpc) is 2.90. The minimum atomic E-state index is -0.00493. The third-order valence-corrected chi connectivity index (χ3v) is 7.02. The number of hydrogen-bond donors (Lipinski definition) is 3. The Morgan fingerprint density at radius 3 is 2.63 bits per heavy atom. The summed E-state index contributed by atoms with van der Waals surface area (Å²) in [6, 6.07) is 10.2. The van der Waals surface area contributed by atoms with Gasteiger partial charge in [-0.3, -0.25) is 14.8 Å². The van der Waals surface area contributed by atoms with Gasteiger partial charge in [-0.2, -0.15) is 0 Å². The third-order valence-electron chi connectivity index (χ3n) is 7.02. The number of nitrogens with zero attached hydrogens (tertiary/aromatic N) is 5. The summed E-state index contributed by atoms with van der Waals surface area (Å²) in [6.45, 7) is 9.72. The topological polar surface area (TPSA) is 121 Å². The lowest BCUT2D eigenvalue weighted by Crippen LogP contribution is -2.49. The van der Waals surface area contributed by atoms with E-state index in [0.717, 1.165) is 36.2 Å². The molecule has 1 amide bonds. The van der Waals surface area contributed by atoms with E-state index in [1.54, 1.807) is 25.4 Å². The van der Waals surface area contributed by atoms with E-state index in [2.05, 4.69) is 71.5 Å². The second-order valence-corrected chi connectivity index (χ2v) is 10.0. The number of amidine groups is 1. The van der Waals surface area contributed by atoms with Crippen LogP contribution in [-0.4, -0.2) is 57.3 Å². The van der Waals surface area contributed by atoms with Crippen LogP contribution in [0.1, 0.15) is 65.1 Å². The number of benzene rings is 1. The third kappa shape index (κ3) is 6.52. The summed E-state index contributed by atoms with van der Waals surface area (Å²) in [7, 11) is 1.61. The fourth-order valence-electron chi connectivity index (χ4n) is 5.01. The van der Waals surface area contributed by atoms with Crippen LogP contribution in [0, 0.1) is 13.8 Å². The Hall–Kier alpha value is -3.85. The molecule has 0 radical (unpaired) electrons. The molecule has 2 atom stereocenters. The number of amides is 1. The van der Waals surface area contributed by atoms with Crippen molar-refractivity contribution in [1.29, 1.82) is 0 Å². The van der Waals surface area contributed by atoms with Gasteiger partial charge in [0.15, 0.2) is 0 Å². The Kier molecular flexibility index (Phi) is 8.68. The van der Waals surface area contributed by atoms with Gasteiger partial charge in [0.05, 0.1) is 5.69 Å². The maximum atomic E-state index is 13.2. The standard InChI is InChI=1S/C29H38N8O/c1-6-21-16-34-29(35-24-12-18(2)11-19(3)13-24)36-26(21)17-33-23-8-10-37(20(4)14-23)28(38)22-7-9-32-25(15-22)27(30)31-5/h7,9,11-13,15-16,20,23,33H,6,8,10,14,17H2,1-5H3,(H2,30,31)(H,34,35,36)/t20-,23-/m1/s1. The minimum Gasteiger partial charge on any atom is -0.382 e. The summed E-state index contributed by atoms with van der Waals surface area (Å²) in [5.74, 6) is 0.914. The zero-order valence-electron chi connectivity index (χ0n) is 23.0. The molecule has 1 aromatic carbocycles. The Bertz CT molecular complexity index is 1300. The first kappa shape index (κ1) is 27.2. The molecule has 38 heavy (non-hydrogen) atoms. The van der Waals surface area contributed by atoms with E-state index >= 15 is 0 Å². The van der Waals surface area contributed by atoms with Crippen molar-refractivity contribution in [3.05, 3.63) is 76.4 Å². The molecule has 2 aromatic heterocycles. The number of aliphatic imine (C=N–C) groups is 1. The second kappa shape index (κ2) is 12.1. The quantitative estimate of drug-likeness (QED) is 0.308. The number of aromatic nitrogens is 3. The molecule has 0 spiro atoms. The van der Waals surface area contributed by atoms with Crippen molar-refractivity contribution in [2.75, 3.05) is 18.9 Å². The highest BCUT2D eigenvalue weighted by Crippen LogP contribution is 2.22. The molecule has 0 saturated carbocycles. The van der Waals surface area contributed by atoms with E-state index < -0.39 is 0 Å². The molecule has 1 aliphatic heterocycles. The number of rotatable bonds is 8. The fraction of sp³-hybridized carbons (Fsp3) is 0.414. The van der Waals surface area contributed by atoms with Crippen molar-refractivity contribution in [3.8, 4) is 0 Å². The number of piperidine rings is 1. The molecule has 4 N–H and O–H groups in total. The van der Waals surface area contributed by atoms with Crippen LogP contribution in [0.3, 0.4) is 0 Å². The largest absolute Gasteiger partial charge is 0.382 e. The van der Waals surface area contributed by atoms with Gasteiger partial charge in [0.2, 0.25) is 5.95 Å². The molecule has 0 aliphatic carbocycles. The van der Waals surface area contributed by atoms with E-state index in [-0.39, 0.29) is 11.9 Å². The summed E-state index contributed by atoms with van der Waals surface area (Å²) in [5, 5.41) is 7.04. The molecular formula is C29H38N8O. The van der Waals surface area contributed by atoms with Gasteiger partial charge in [0, 0.05) is 55.9 Å². The van der Waals surface area contributed by atoms with Crippen molar-refractivity contribution in [3.63, 3.8) is 0 Å². The van der Waals surface area contributed by atoms with E-state index in [0.29, 0.717) is 42.2 Å². The van der Waals surface area contributed by atoms with Crippen molar-refractivity contribution < 1.29 is 4.79 Å². The summed E-state index contributed by atoms with van der Waals surface area (Å²) in [6.07, 6.45) is 6.12. The molecule has 1 aliphatic rings. The molecule has 4 rings (SSSR count). The second-order valence-electron chi connectivity index (χ2n) is 10.0. The zero-order chi connectivity index (χ0) is 27.2. The van der Waals surface area contributed by atoms with Crippen molar-refractivity contribution in [2.24, 2.45) is 10.7 Å². The highest BCUT2D eigenvalue weighted by atomic mass is 16.2. The van der Waals surface area contributed by atoms with Crippen molar-refractivity contribution in [2.45, 2.75) is 65.6 Å². The number of nitrogens with two attached hydrogens (primary N) is 1. The zero-order valence-corrected chi connectivity index (χ0v) is 23.0. The van der Waals surface area contributed by atoms with Gasteiger partial charge in [-0.25, -0.2) is 9.97 Å². The van der Waals surface area contributed by atoms with Crippen LogP contribution < -0.4 is 16.4 Å². The summed E-state index contributed by atoms with van der Waals surface area (Å²) >= 11 is 0. The predicted molar refractivity (Wildman–Crippen MR) is 152 cm³/mol. The number of pyridine rings is 1. The molecule has 200 valence electrons. The van der Waals surface area contributed by atoms with Crippen LogP contribution in [0.25, 0.3) is 0 Å². The Morgan fingerprint density at radius 2 is 1.95 bits per heavy atom. The maximum Gasteiger partial charge on any atom is 0.254 e. The lowest BCUT2D eigenvalue weighted by molar-refractivity contribution is 0.0601. The van der Waals surface area contributed by atoms with Crippen LogP contribution in [0.4, 0.5) is 11.6 Å². The molecular weight excluding hydrogens is 476 g/mol. The number of hydrogen-bond acceptors (Lipinski definition) is 7. The molecule has 3 aromatic rings.